The highest BCUT2D eigenvalue weighted by atomic mass is 16.5. The van der Waals surface area contributed by atoms with E-state index in [0.717, 1.165) is 29.1 Å². The number of aromatic nitrogens is 2. The van der Waals surface area contributed by atoms with Gasteiger partial charge in [-0.25, -0.2) is 4.68 Å². The van der Waals surface area contributed by atoms with Crippen molar-refractivity contribution < 1.29 is 9.53 Å². The number of para-hydroxylation sites is 1. The number of nitrogens with zero attached hydrogens (tertiary/aromatic N) is 3. The Bertz CT molecular complexity index is 1140. The lowest BCUT2D eigenvalue weighted by Crippen LogP contribution is -2.26. The number of nitrogens with one attached hydrogen (secondary N) is 1. The fourth-order valence-electron chi connectivity index (χ4n) is 4.05. The molecule has 0 aliphatic rings. The van der Waals surface area contributed by atoms with Gasteiger partial charge >= 0.3 is 0 Å². The van der Waals surface area contributed by atoms with Gasteiger partial charge in [0.2, 0.25) is 5.91 Å². The van der Waals surface area contributed by atoms with Crippen molar-refractivity contribution in [3.8, 4) is 11.4 Å². The van der Waals surface area contributed by atoms with Crippen molar-refractivity contribution >= 4 is 11.6 Å². The molecule has 7 nitrogen and oxygen atoms in total. The van der Waals surface area contributed by atoms with E-state index in [1.165, 1.54) is 5.56 Å². The summed E-state index contributed by atoms with van der Waals surface area (Å²) in [6.45, 7) is 7.20. The number of rotatable bonds is 8. The molecule has 0 spiro atoms. The van der Waals surface area contributed by atoms with Crippen LogP contribution in [0.25, 0.3) is 5.69 Å². The van der Waals surface area contributed by atoms with Crippen LogP contribution in [0.2, 0.25) is 0 Å². The molecule has 7 heteroatoms. The third kappa shape index (κ3) is 4.94. The Balaban J connectivity index is 1.64. The largest absolute Gasteiger partial charge is 0.496 e. The standard InChI is InChI=1S/C25H32N4O3/c1-17-14-20(15-18(2)24(17)32-6)16-27(4)13-12-22(30)26-23-19(3)28(5)29(25(23)31)21-10-8-7-9-11-21/h7-11,14-15H,12-13,16H2,1-6H3,(H,26,30). The zero-order chi connectivity index (χ0) is 23.4. The molecule has 0 saturated heterocycles. The van der Waals surface area contributed by atoms with Crippen LogP contribution in [0.15, 0.2) is 47.3 Å². The third-order valence-corrected chi connectivity index (χ3v) is 5.72. The van der Waals surface area contributed by atoms with Crippen LogP contribution in [-0.4, -0.2) is 40.9 Å². The fraction of sp³-hybridized carbons (Fsp3) is 0.360. The summed E-state index contributed by atoms with van der Waals surface area (Å²) >= 11 is 0. The number of amides is 1. The van der Waals surface area contributed by atoms with E-state index in [-0.39, 0.29) is 11.5 Å². The molecule has 0 aliphatic carbocycles. The summed E-state index contributed by atoms with van der Waals surface area (Å²) in [5.41, 5.74) is 4.93. The average molecular weight is 437 g/mol. The van der Waals surface area contributed by atoms with E-state index in [1.807, 2.05) is 65.2 Å². The molecule has 3 rings (SSSR count). The summed E-state index contributed by atoms with van der Waals surface area (Å²) in [5, 5.41) is 2.83. The first-order valence-electron chi connectivity index (χ1n) is 10.7. The summed E-state index contributed by atoms with van der Waals surface area (Å²) in [5.74, 6) is 0.736. The first-order chi connectivity index (χ1) is 15.2. The van der Waals surface area contributed by atoms with Crippen LogP contribution in [0, 0.1) is 20.8 Å². The van der Waals surface area contributed by atoms with Gasteiger partial charge in [0.05, 0.1) is 18.5 Å². The van der Waals surface area contributed by atoms with Crippen LogP contribution in [0.5, 0.6) is 5.75 Å². The molecule has 0 unspecified atom stereocenters. The molecule has 170 valence electrons. The van der Waals surface area contributed by atoms with Crippen molar-refractivity contribution in [1.29, 1.82) is 0 Å². The molecule has 0 aliphatic heterocycles. The number of carbonyl (C=O) groups excluding carboxylic acids is 1. The summed E-state index contributed by atoms with van der Waals surface area (Å²) in [7, 11) is 5.48. The molecule has 1 N–H and O–H groups in total. The lowest BCUT2D eigenvalue weighted by Gasteiger charge is -2.18. The number of carbonyl (C=O) groups is 1. The number of anilines is 1. The Kier molecular flexibility index (Phi) is 7.20. The molecule has 32 heavy (non-hydrogen) atoms. The van der Waals surface area contributed by atoms with Gasteiger partial charge in [0.1, 0.15) is 11.4 Å². The van der Waals surface area contributed by atoms with Gasteiger partial charge in [0, 0.05) is 26.6 Å². The van der Waals surface area contributed by atoms with Gasteiger partial charge in [-0.3, -0.25) is 14.3 Å². The second-order valence-electron chi connectivity index (χ2n) is 8.24. The maximum absolute atomic E-state index is 12.9. The normalized spacial score (nSPS) is 11.1. The summed E-state index contributed by atoms with van der Waals surface area (Å²) in [6, 6.07) is 13.6. The van der Waals surface area contributed by atoms with Crippen LogP contribution in [0.3, 0.4) is 0 Å². The van der Waals surface area contributed by atoms with E-state index in [1.54, 1.807) is 16.5 Å². The van der Waals surface area contributed by atoms with Crippen LogP contribution in [0.1, 0.15) is 28.8 Å². The number of hydrogen-bond acceptors (Lipinski definition) is 4. The number of benzene rings is 2. The number of methoxy groups -OCH3 is 1. The molecular weight excluding hydrogens is 404 g/mol. The number of aryl methyl sites for hydroxylation is 2. The zero-order valence-corrected chi connectivity index (χ0v) is 19.7. The SMILES string of the molecule is COc1c(C)cc(CN(C)CCC(=O)Nc2c(C)n(C)n(-c3ccccc3)c2=O)cc1C. The van der Waals surface area contributed by atoms with Crippen molar-refractivity contribution in [2.75, 3.05) is 26.0 Å². The molecule has 0 bridgehead atoms. The van der Waals surface area contributed by atoms with Crippen LogP contribution in [0.4, 0.5) is 5.69 Å². The van der Waals surface area contributed by atoms with Gasteiger partial charge < -0.3 is 15.0 Å². The van der Waals surface area contributed by atoms with E-state index in [0.29, 0.717) is 24.3 Å². The Hall–Kier alpha value is -3.32. The minimum absolute atomic E-state index is 0.176. The zero-order valence-electron chi connectivity index (χ0n) is 19.7. The van der Waals surface area contributed by atoms with Gasteiger partial charge in [-0.15, -0.1) is 0 Å². The maximum Gasteiger partial charge on any atom is 0.295 e. The first kappa shape index (κ1) is 23.3. The van der Waals surface area contributed by atoms with Crippen molar-refractivity contribution in [1.82, 2.24) is 14.3 Å². The molecular formula is C25H32N4O3. The van der Waals surface area contributed by atoms with Crippen LogP contribution < -0.4 is 15.6 Å². The van der Waals surface area contributed by atoms with E-state index in [2.05, 4.69) is 22.3 Å². The lowest BCUT2D eigenvalue weighted by molar-refractivity contribution is -0.116. The molecule has 1 aromatic heterocycles. The Labute approximate surface area is 189 Å². The molecule has 3 aromatic rings. The molecule has 0 saturated carbocycles. The Morgan fingerprint density at radius 3 is 2.31 bits per heavy atom. The highest BCUT2D eigenvalue weighted by Gasteiger charge is 2.18. The molecule has 0 radical (unpaired) electrons. The number of hydrogen-bond donors (Lipinski definition) is 1. The van der Waals surface area contributed by atoms with Gasteiger partial charge in [-0.2, -0.15) is 0 Å². The topological polar surface area (TPSA) is 68.5 Å². The van der Waals surface area contributed by atoms with Gasteiger partial charge in [0.15, 0.2) is 0 Å². The minimum atomic E-state index is -0.234. The van der Waals surface area contributed by atoms with Crippen molar-refractivity contribution in [2.24, 2.45) is 7.05 Å². The van der Waals surface area contributed by atoms with Crippen molar-refractivity contribution in [2.45, 2.75) is 33.7 Å². The van der Waals surface area contributed by atoms with Crippen molar-refractivity contribution in [3.05, 3.63) is 75.2 Å². The summed E-state index contributed by atoms with van der Waals surface area (Å²) in [4.78, 5) is 27.7. The summed E-state index contributed by atoms with van der Waals surface area (Å²) < 4.78 is 8.75. The average Bonchev–Trinajstić information content (AvgIpc) is 2.96. The highest BCUT2D eigenvalue weighted by Crippen LogP contribution is 2.24. The van der Waals surface area contributed by atoms with E-state index < -0.39 is 0 Å². The fourth-order valence-corrected chi connectivity index (χ4v) is 4.05. The van der Waals surface area contributed by atoms with Crippen molar-refractivity contribution in [3.63, 3.8) is 0 Å². The lowest BCUT2D eigenvalue weighted by atomic mass is 10.1. The predicted octanol–water partition coefficient (Wildman–Crippen LogP) is 3.57. The predicted molar refractivity (Wildman–Crippen MR) is 128 cm³/mol. The second-order valence-corrected chi connectivity index (χ2v) is 8.24. The Morgan fingerprint density at radius 2 is 1.72 bits per heavy atom. The maximum atomic E-state index is 12.9. The molecule has 2 aromatic carbocycles. The monoisotopic (exact) mass is 436 g/mol. The van der Waals surface area contributed by atoms with Gasteiger partial charge in [-0.1, -0.05) is 30.3 Å². The van der Waals surface area contributed by atoms with E-state index >= 15 is 0 Å². The third-order valence-electron chi connectivity index (χ3n) is 5.72. The van der Waals surface area contributed by atoms with Gasteiger partial charge in [0.25, 0.3) is 5.56 Å². The Morgan fingerprint density at radius 1 is 1.09 bits per heavy atom. The highest BCUT2D eigenvalue weighted by molar-refractivity contribution is 5.91. The molecule has 1 amide bonds. The molecule has 0 fully saturated rings. The quantitative estimate of drug-likeness (QED) is 0.586. The molecule has 1 heterocycles. The minimum Gasteiger partial charge on any atom is -0.496 e. The van der Waals surface area contributed by atoms with Crippen LogP contribution in [-0.2, 0) is 18.4 Å². The number of ether oxygens (including phenoxy) is 1. The van der Waals surface area contributed by atoms with E-state index in [4.69, 9.17) is 4.74 Å². The second kappa shape index (κ2) is 9.87. The summed E-state index contributed by atoms with van der Waals surface area (Å²) in [6.07, 6.45) is 0.295. The van der Waals surface area contributed by atoms with Crippen LogP contribution >= 0.6 is 0 Å². The first-order valence-corrected chi connectivity index (χ1v) is 10.7. The van der Waals surface area contributed by atoms with Gasteiger partial charge in [-0.05, 0) is 56.6 Å². The molecule has 0 atom stereocenters. The smallest absolute Gasteiger partial charge is 0.295 e. The van der Waals surface area contributed by atoms with E-state index in [9.17, 15) is 9.59 Å².